The highest BCUT2D eigenvalue weighted by molar-refractivity contribution is 7.91. The highest BCUT2D eigenvalue weighted by Crippen LogP contribution is 2.43. The van der Waals surface area contributed by atoms with Crippen molar-refractivity contribution in [3.63, 3.8) is 0 Å². The maximum absolute atomic E-state index is 13.9. The summed E-state index contributed by atoms with van der Waals surface area (Å²) in [6, 6.07) is 12.2. The van der Waals surface area contributed by atoms with Crippen molar-refractivity contribution in [3.05, 3.63) is 59.2 Å². The molecule has 0 aliphatic carbocycles. The van der Waals surface area contributed by atoms with E-state index in [4.69, 9.17) is 4.74 Å². The number of ether oxygens (including phenoxy) is 1. The molecule has 0 saturated carbocycles. The molecular weight excluding hydrogens is 482 g/mol. The van der Waals surface area contributed by atoms with Crippen LogP contribution in [0, 0.1) is 0 Å². The first-order valence-corrected chi connectivity index (χ1v) is 13.9. The quantitative estimate of drug-likeness (QED) is 0.396. The van der Waals surface area contributed by atoms with Gasteiger partial charge in [-0.3, -0.25) is 14.9 Å². The van der Waals surface area contributed by atoms with Crippen molar-refractivity contribution in [1.82, 2.24) is 5.32 Å². The average Bonchev–Trinajstić information content (AvgIpc) is 2.93. The molecule has 8 nitrogen and oxygen atoms in total. The highest BCUT2D eigenvalue weighted by Gasteiger charge is 2.42. The summed E-state index contributed by atoms with van der Waals surface area (Å²) in [6.07, 6.45) is 2.16. The first-order valence-electron chi connectivity index (χ1n) is 12.3. The van der Waals surface area contributed by atoms with Gasteiger partial charge in [-0.2, -0.15) is 0 Å². The number of unbranched alkanes of at least 4 members (excludes halogenated alkanes) is 1. The van der Waals surface area contributed by atoms with Gasteiger partial charge < -0.3 is 14.9 Å². The van der Waals surface area contributed by atoms with Gasteiger partial charge in [0.05, 0.1) is 36.6 Å². The van der Waals surface area contributed by atoms with Crippen molar-refractivity contribution in [1.29, 1.82) is 0 Å². The zero-order valence-corrected chi connectivity index (χ0v) is 21.8. The van der Waals surface area contributed by atoms with Crippen LogP contribution in [-0.2, 0) is 19.4 Å². The van der Waals surface area contributed by atoms with Crippen molar-refractivity contribution >= 4 is 21.8 Å². The average molecular weight is 518 g/mol. The van der Waals surface area contributed by atoms with E-state index in [1.807, 2.05) is 37.3 Å². The Bertz CT molecular complexity index is 1180. The minimum absolute atomic E-state index is 0.0901. The van der Waals surface area contributed by atoms with Crippen LogP contribution in [-0.4, -0.2) is 49.0 Å². The SMILES string of the molecule is CCCC[C@]1(CC)CS(=O)(=O)c2cc(C(CC(=O)O)CC(=O)O)c(OC)cc2[C@@H](c2ccccc2)N1. The molecule has 0 radical (unpaired) electrons. The Kier molecular flexibility index (Phi) is 8.79. The molecule has 0 bridgehead atoms. The molecule has 36 heavy (non-hydrogen) atoms. The monoisotopic (exact) mass is 517 g/mol. The molecule has 0 fully saturated rings. The summed E-state index contributed by atoms with van der Waals surface area (Å²) >= 11 is 0. The first-order chi connectivity index (χ1) is 17.1. The summed E-state index contributed by atoms with van der Waals surface area (Å²) in [4.78, 5) is 23.2. The van der Waals surface area contributed by atoms with E-state index in [1.54, 1.807) is 6.07 Å². The topological polar surface area (TPSA) is 130 Å². The molecule has 196 valence electrons. The van der Waals surface area contributed by atoms with Gasteiger partial charge in [-0.15, -0.1) is 0 Å². The number of aliphatic carboxylic acids is 2. The highest BCUT2D eigenvalue weighted by atomic mass is 32.2. The Morgan fingerprint density at radius 2 is 1.75 bits per heavy atom. The van der Waals surface area contributed by atoms with Gasteiger partial charge in [-0.1, -0.05) is 57.0 Å². The molecule has 9 heteroatoms. The van der Waals surface area contributed by atoms with Crippen molar-refractivity contribution < 1.29 is 33.0 Å². The first kappa shape index (κ1) is 27.7. The van der Waals surface area contributed by atoms with E-state index in [0.29, 0.717) is 18.4 Å². The summed E-state index contributed by atoms with van der Waals surface area (Å²) in [7, 11) is -2.41. The van der Waals surface area contributed by atoms with Gasteiger partial charge in [0.25, 0.3) is 0 Å². The number of hydrogen-bond acceptors (Lipinski definition) is 6. The zero-order chi connectivity index (χ0) is 26.5. The van der Waals surface area contributed by atoms with Crippen molar-refractivity contribution in [2.45, 2.75) is 74.8 Å². The van der Waals surface area contributed by atoms with E-state index in [0.717, 1.165) is 18.4 Å². The van der Waals surface area contributed by atoms with Crippen molar-refractivity contribution in [2.24, 2.45) is 0 Å². The fraction of sp³-hybridized carbons (Fsp3) is 0.481. The van der Waals surface area contributed by atoms with Crippen LogP contribution in [0.15, 0.2) is 47.4 Å². The largest absolute Gasteiger partial charge is 0.496 e. The molecule has 0 saturated heterocycles. The molecule has 3 N–H and O–H groups in total. The van der Waals surface area contributed by atoms with Crippen LogP contribution in [0.2, 0.25) is 0 Å². The predicted octanol–water partition coefficient (Wildman–Crippen LogP) is 4.53. The van der Waals surface area contributed by atoms with E-state index in [9.17, 15) is 28.2 Å². The van der Waals surface area contributed by atoms with Crippen LogP contribution in [0.4, 0.5) is 0 Å². The number of sulfone groups is 1. The van der Waals surface area contributed by atoms with Gasteiger partial charge in [0, 0.05) is 11.5 Å². The van der Waals surface area contributed by atoms with E-state index >= 15 is 0 Å². The van der Waals surface area contributed by atoms with Crippen molar-refractivity contribution in [2.75, 3.05) is 12.9 Å². The molecule has 1 aliphatic heterocycles. The van der Waals surface area contributed by atoms with Gasteiger partial charge in [0.2, 0.25) is 0 Å². The summed E-state index contributed by atoms with van der Waals surface area (Å²) in [5.41, 5.74) is 1.02. The Morgan fingerprint density at radius 3 is 2.28 bits per heavy atom. The fourth-order valence-electron chi connectivity index (χ4n) is 5.11. The number of benzene rings is 2. The van der Waals surface area contributed by atoms with E-state index in [1.165, 1.54) is 13.2 Å². The van der Waals surface area contributed by atoms with Crippen LogP contribution in [0.25, 0.3) is 0 Å². The molecular formula is C27H35NO7S. The molecule has 0 spiro atoms. The molecule has 2 aromatic carbocycles. The zero-order valence-electron chi connectivity index (χ0n) is 21.0. The summed E-state index contributed by atoms with van der Waals surface area (Å²) < 4.78 is 33.4. The molecule has 2 aromatic rings. The van der Waals surface area contributed by atoms with Crippen LogP contribution in [0.1, 0.15) is 81.0 Å². The Balaban J connectivity index is 2.30. The number of fused-ring (bicyclic) bond motifs is 1. The lowest BCUT2D eigenvalue weighted by atomic mass is 9.86. The lowest BCUT2D eigenvalue weighted by molar-refractivity contribution is -0.139. The third-order valence-corrected chi connectivity index (χ3v) is 8.98. The summed E-state index contributed by atoms with van der Waals surface area (Å²) in [6.45, 7) is 4.05. The standard InChI is InChI=1S/C27H35NO7S/c1-4-6-12-27(5-2)17-36(33,34)23-16-20(19(13-24(29)30)14-25(31)32)22(35-3)15-21(23)26(28-27)18-10-8-7-9-11-18/h7-11,15-16,19,26,28H,4-6,12-14,17H2,1-3H3,(H,29,30)(H,31,32)/t26-,27-/m1/s1. The van der Waals surface area contributed by atoms with E-state index < -0.39 is 52.1 Å². The Hall–Kier alpha value is -2.91. The van der Waals surface area contributed by atoms with E-state index in [-0.39, 0.29) is 22.0 Å². The molecule has 0 unspecified atom stereocenters. The number of carbonyl (C=O) groups is 2. The number of methoxy groups -OCH3 is 1. The second-order valence-electron chi connectivity index (χ2n) is 9.51. The lowest BCUT2D eigenvalue weighted by Gasteiger charge is -2.36. The second-order valence-corrected chi connectivity index (χ2v) is 11.5. The number of carboxylic acid groups (broad SMARTS) is 2. The smallest absolute Gasteiger partial charge is 0.303 e. The van der Waals surface area contributed by atoms with Crippen LogP contribution < -0.4 is 10.1 Å². The van der Waals surface area contributed by atoms with Gasteiger partial charge in [-0.05, 0) is 41.7 Å². The molecule has 1 aliphatic rings. The molecule has 3 rings (SSSR count). The molecule has 0 amide bonds. The summed E-state index contributed by atoms with van der Waals surface area (Å²) in [5.74, 6) is -3.13. The maximum atomic E-state index is 13.9. The fourth-order valence-corrected chi connectivity index (χ4v) is 7.27. The Labute approximate surface area is 212 Å². The maximum Gasteiger partial charge on any atom is 0.303 e. The minimum atomic E-state index is -3.82. The minimum Gasteiger partial charge on any atom is -0.496 e. The normalized spacial score (nSPS) is 20.9. The van der Waals surface area contributed by atoms with Gasteiger partial charge in [-0.25, -0.2) is 8.42 Å². The predicted molar refractivity (Wildman–Crippen MR) is 136 cm³/mol. The number of carboxylic acids is 2. The van der Waals surface area contributed by atoms with Gasteiger partial charge in [0.15, 0.2) is 9.84 Å². The van der Waals surface area contributed by atoms with E-state index in [2.05, 4.69) is 12.2 Å². The summed E-state index contributed by atoms with van der Waals surface area (Å²) in [5, 5.41) is 22.5. The van der Waals surface area contributed by atoms with Crippen LogP contribution >= 0.6 is 0 Å². The van der Waals surface area contributed by atoms with Crippen molar-refractivity contribution in [3.8, 4) is 5.75 Å². The molecule has 0 aromatic heterocycles. The van der Waals surface area contributed by atoms with Gasteiger partial charge >= 0.3 is 11.9 Å². The Morgan fingerprint density at radius 1 is 1.11 bits per heavy atom. The molecule has 2 atom stereocenters. The lowest BCUT2D eigenvalue weighted by Crippen LogP contribution is -2.50. The van der Waals surface area contributed by atoms with Gasteiger partial charge in [0.1, 0.15) is 5.75 Å². The second kappa shape index (κ2) is 11.4. The number of rotatable bonds is 11. The number of nitrogens with one attached hydrogen (secondary N) is 1. The molecule has 1 heterocycles. The van der Waals surface area contributed by atoms with Crippen LogP contribution in [0.5, 0.6) is 5.75 Å². The third kappa shape index (κ3) is 6.07. The number of hydrogen-bond donors (Lipinski definition) is 3. The third-order valence-electron chi connectivity index (χ3n) is 7.03. The van der Waals surface area contributed by atoms with Crippen LogP contribution in [0.3, 0.4) is 0 Å².